The SMILES string of the molecule is CCCc1ccc(OCCNC(=O)C2CC(=O)N(c3nnc(C)s3)C2)cc1. The van der Waals surface area contributed by atoms with Gasteiger partial charge in [0.1, 0.15) is 17.4 Å². The molecule has 0 bridgehead atoms. The molecule has 27 heavy (non-hydrogen) atoms. The Morgan fingerprint density at radius 1 is 1.33 bits per heavy atom. The van der Waals surface area contributed by atoms with E-state index in [9.17, 15) is 9.59 Å². The quantitative estimate of drug-likeness (QED) is 0.702. The summed E-state index contributed by atoms with van der Waals surface area (Å²) in [5.41, 5.74) is 1.29. The number of aromatic nitrogens is 2. The van der Waals surface area contributed by atoms with Crippen LogP contribution in [0.3, 0.4) is 0 Å². The highest BCUT2D eigenvalue weighted by Gasteiger charge is 2.36. The first-order valence-corrected chi connectivity index (χ1v) is 9.98. The molecule has 1 atom stereocenters. The van der Waals surface area contributed by atoms with Gasteiger partial charge in [-0.15, -0.1) is 10.2 Å². The molecule has 0 spiro atoms. The molecule has 1 fully saturated rings. The van der Waals surface area contributed by atoms with Crippen LogP contribution in [-0.2, 0) is 16.0 Å². The number of benzene rings is 1. The molecule has 2 amide bonds. The predicted octanol–water partition coefficient (Wildman–Crippen LogP) is 2.35. The van der Waals surface area contributed by atoms with Gasteiger partial charge in [-0.2, -0.15) is 0 Å². The minimum atomic E-state index is -0.366. The molecule has 2 aromatic rings. The minimum absolute atomic E-state index is 0.0882. The number of carbonyl (C=O) groups is 2. The van der Waals surface area contributed by atoms with Crippen LogP contribution >= 0.6 is 11.3 Å². The van der Waals surface area contributed by atoms with Gasteiger partial charge < -0.3 is 10.1 Å². The Kier molecular flexibility index (Phi) is 6.39. The van der Waals surface area contributed by atoms with Crippen molar-refractivity contribution in [2.24, 2.45) is 5.92 Å². The second-order valence-corrected chi connectivity index (χ2v) is 7.70. The first-order chi connectivity index (χ1) is 13.1. The summed E-state index contributed by atoms with van der Waals surface area (Å²) in [4.78, 5) is 26.0. The van der Waals surface area contributed by atoms with Gasteiger partial charge in [0, 0.05) is 13.0 Å². The van der Waals surface area contributed by atoms with Crippen LogP contribution < -0.4 is 15.0 Å². The van der Waals surface area contributed by atoms with E-state index in [0.717, 1.165) is 23.6 Å². The van der Waals surface area contributed by atoms with Crippen LogP contribution in [0, 0.1) is 12.8 Å². The summed E-state index contributed by atoms with van der Waals surface area (Å²) in [6.45, 7) is 5.12. The average molecular weight is 388 g/mol. The van der Waals surface area contributed by atoms with Crippen LogP contribution in [0.15, 0.2) is 24.3 Å². The molecule has 1 N–H and O–H groups in total. The molecule has 1 aliphatic heterocycles. The summed E-state index contributed by atoms with van der Waals surface area (Å²) >= 11 is 1.36. The fourth-order valence-corrected chi connectivity index (χ4v) is 3.71. The van der Waals surface area contributed by atoms with Crippen molar-refractivity contribution in [2.75, 3.05) is 24.6 Å². The van der Waals surface area contributed by atoms with E-state index < -0.39 is 0 Å². The lowest BCUT2D eigenvalue weighted by Crippen LogP contribution is -2.35. The van der Waals surface area contributed by atoms with Gasteiger partial charge >= 0.3 is 0 Å². The zero-order valence-electron chi connectivity index (χ0n) is 15.6. The van der Waals surface area contributed by atoms with Gasteiger partial charge in [0.2, 0.25) is 16.9 Å². The molecular formula is C19H24N4O3S. The molecule has 8 heteroatoms. The molecule has 2 heterocycles. The predicted molar refractivity (Wildman–Crippen MR) is 104 cm³/mol. The highest BCUT2D eigenvalue weighted by Crippen LogP contribution is 2.27. The fraction of sp³-hybridized carbons (Fsp3) is 0.474. The van der Waals surface area contributed by atoms with E-state index in [1.54, 1.807) is 4.90 Å². The molecule has 1 unspecified atom stereocenters. The molecule has 144 valence electrons. The third kappa shape index (κ3) is 5.03. The minimum Gasteiger partial charge on any atom is -0.492 e. The molecule has 0 aliphatic carbocycles. The Hall–Kier alpha value is -2.48. The summed E-state index contributed by atoms with van der Waals surface area (Å²) in [6.07, 6.45) is 2.38. The number of nitrogens with one attached hydrogen (secondary N) is 1. The average Bonchev–Trinajstić information content (AvgIpc) is 3.25. The maximum absolute atomic E-state index is 12.3. The van der Waals surface area contributed by atoms with Crippen molar-refractivity contribution in [1.29, 1.82) is 0 Å². The van der Waals surface area contributed by atoms with Gasteiger partial charge in [-0.05, 0) is 31.0 Å². The molecule has 1 aromatic heterocycles. The largest absolute Gasteiger partial charge is 0.492 e. The van der Waals surface area contributed by atoms with Gasteiger partial charge in [0.15, 0.2) is 0 Å². The second kappa shape index (κ2) is 8.94. The van der Waals surface area contributed by atoms with Crippen LogP contribution in [-0.4, -0.2) is 41.7 Å². The monoisotopic (exact) mass is 388 g/mol. The smallest absolute Gasteiger partial charge is 0.229 e. The number of amides is 2. The van der Waals surface area contributed by atoms with E-state index >= 15 is 0 Å². The number of ether oxygens (including phenoxy) is 1. The normalized spacial score (nSPS) is 16.6. The Labute approximate surface area is 162 Å². The molecule has 1 aromatic carbocycles. The number of hydrogen-bond donors (Lipinski definition) is 1. The van der Waals surface area contributed by atoms with Crippen LogP contribution in [0.25, 0.3) is 0 Å². The number of rotatable bonds is 8. The number of anilines is 1. The third-order valence-corrected chi connectivity index (χ3v) is 5.24. The van der Waals surface area contributed by atoms with Crippen molar-refractivity contribution >= 4 is 28.3 Å². The Morgan fingerprint density at radius 3 is 2.78 bits per heavy atom. The lowest BCUT2D eigenvalue weighted by Gasteiger charge is -2.13. The summed E-state index contributed by atoms with van der Waals surface area (Å²) in [6, 6.07) is 8.02. The topological polar surface area (TPSA) is 84.4 Å². The summed E-state index contributed by atoms with van der Waals surface area (Å²) in [5.74, 6) is 0.205. The van der Waals surface area contributed by atoms with Crippen LogP contribution in [0.4, 0.5) is 5.13 Å². The van der Waals surface area contributed by atoms with Crippen molar-refractivity contribution < 1.29 is 14.3 Å². The Morgan fingerprint density at radius 2 is 2.11 bits per heavy atom. The first kappa shape index (κ1) is 19.3. The fourth-order valence-electron chi connectivity index (χ4n) is 2.99. The van der Waals surface area contributed by atoms with Crippen molar-refractivity contribution in [3.05, 3.63) is 34.8 Å². The first-order valence-electron chi connectivity index (χ1n) is 9.16. The highest BCUT2D eigenvalue weighted by atomic mass is 32.1. The summed E-state index contributed by atoms with van der Waals surface area (Å²) in [7, 11) is 0. The lowest BCUT2D eigenvalue weighted by atomic mass is 10.1. The Bertz CT molecular complexity index is 791. The van der Waals surface area contributed by atoms with Crippen LogP contribution in [0.5, 0.6) is 5.75 Å². The van der Waals surface area contributed by atoms with Gasteiger partial charge in [0.05, 0.1) is 12.5 Å². The van der Waals surface area contributed by atoms with Crippen molar-refractivity contribution in [3.8, 4) is 5.75 Å². The molecule has 0 saturated carbocycles. The van der Waals surface area contributed by atoms with E-state index in [1.165, 1.54) is 16.9 Å². The van der Waals surface area contributed by atoms with Crippen LogP contribution in [0.2, 0.25) is 0 Å². The second-order valence-electron chi connectivity index (χ2n) is 6.54. The number of nitrogens with zero attached hydrogens (tertiary/aromatic N) is 3. The zero-order valence-corrected chi connectivity index (χ0v) is 16.4. The lowest BCUT2D eigenvalue weighted by molar-refractivity contribution is -0.126. The van der Waals surface area contributed by atoms with Gasteiger partial charge in [-0.3, -0.25) is 14.5 Å². The molecule has 1 saturated heterocycles. The zero-order chi connectivity index (χ0) is 19.2. The third-order valence-electron chi connectivity index (χ3n) is 4.37. The van der Waals surface area contributed by atoms with Crippen molar-refractivity contribution in [1.82, 2.24) is 15.5 Å². The van der Waals surface area contributed by atoms with E-state index in [-0.39, 0.29) is 24.2 Å². The summed E-state index contributed by atoms with van der Waals surface area (Å²) in [5, 5.41) is 12.1. The molecule has 3 rings (SSSR count). The maximum atomic E-state index is 12.3. The molecule has 1 aliphatic rings. The van der Waals surface area contributed by atoms with E-state index in [4.69, 9.17) is 4.74 Å². The maximum Gasteiger partial charge on any atom is 0.229 e. The summed E-state index contributed by atoms with van der Waals surface area (Å²) < 4.78 is 5.66. The number of carbonyl (C=O) groups excluding carboxylic acids is 2. The number of hydrogen-bond acceptors (Lipinski definition) is 6. The highest BCUT2D eigenvalue weighted by molar-refractivity contribution is 7.15. The van der Waals surface area contributed by atoms with Gasteiger partial charge in [-0.25, -0.2) is 0 Å². The van der Waals surface area contributed by atoms with Crippen molar-refractivity contribution in [3.63, 3.8) is 0 Å². The Balaban J connectivity index is 1.41. The van der Waals surface area contributed by atoms with Crippen molar-refractivity contribution in [2.45, 2.75) is 33.1 Å². The van der Waals surface area contributed by atoms with Gasteiger partial charge in [-0.1, -0.05) is 36.8 Å². The van der Waals surface area contributed by atoms with E-state index in [2.05, 4.69) is 34.6 Å². The standard InChI is InChI=1S/C19H24N4O3S/c1-3-4-14-5-7-16(8-6-14)26-10-9-20-18(25)15-11-17(24)23(12-15)19-22-21-13(2)27-19/h5-8,15H,3-4,9-12H2,1-2H3,(H,20,25). The van der Waals surface area contributed by atoms with Crippen LogP contribution in [0.1, 0.15) is 30.3 Å². The van der Waals surface area contributed by atoms with E-state index in [1.807, 2.05) is 19.1 Å². The van der Waals surface area contributed by atoms with E-state index in [0.29, 0.717) is 24.8 Å². The number of aryl methyl sites for hydroxylation is 2. The molecular weight excluding hydrogens is 364 g/mol. The molecule has 7 nitrogen and oxygen atoms in total. The molecule has 0 radical (unpaired) electrons. The van der Waals surface area contributed by atoms with Gasteiger partial charge in [0.25, 0.3) is 0 Å².